The SMILES string of the molecule is CCC1CCC(C)N1CC(CC)(CC)CNC(C)(C)C. The average Bonchev–Trinajstić information content (AvgIpc) is 2.74. The Morgan fingerprint density at radius 2 is 1.65 bits per heavy atom. The minimum atomic E-state index is 0.219. The molecule has 0 aromatic heterocycles. The van der Waals surface area contributed by atoms with E-state index in [9.17, 15) is 0 Å². The number of nitrogens with one attached hydrogen (secondary N) is 1. The minimum Gasteiger partial charge on any atom is -0.311 e. The molecule has 0 radical (unpaired) electrons. The van der Waals surface area contributed by atoms with Crippen molar-refractivity contribution in [3.8, 4) is 0 Å². The van der Waals surface area contributed by atoms with E-state index in [1.807, 2.05) is 0 Å². The molecule has 1 aliphatic heterocycles. The molecule has 2 atom stereocenters. The van der Waals surface area contributed by atoms with Gasteiger partial charge in [0, 0.05) is 30.7 Å². The van der Waals surface area contributed by atoms with Crippen LogP contribution in [-0.2, 0) is 0 Å². The zero-order valence-electron chi connectivity index (χ0n) is 15.1. The summed E-state index contributed by atoms with van der Waals surface area (Å²) < 4.78 is 0. The molecule has 0 aromatic rings. The van der Waals surface area contributed by atoms with E-state index in [0.717, 1.165) is 18.6 Å². The number of nitrogens with zero attached hydrogens (tertiary/aromatic N) is 1. The van der Waals surface area contributed by atoms with Crippen LogP contribution in [0.5, 0.6) is 0 Å². The van der Waals surface area contributed by atoms with Gasteiger partial charge in [0.25, 0.3) is 0 Å². The van der Waals surface area contributed by atoms with E-state index < -0.39 is 0 Å². The van der Waals surface area contributed by atoms with Crippen molar-refractivity contribution in [1.29, 1.82) is 0 Å². The smallest absolute Gasteiger partial charge is 0.00967 e. The minimum absolute atomic E-state index is 0.219. The zero-order valence-corrected chi connectivity index (χ0v) is 15.1. The van der Waals surface area contributed by atoms with Crippen LogP contribution in [0.4, 0.5) is 0 Å². The van der Waals surface area contributed by atoms with Gasteiger partial charge in [-0.2, -0.15) is 0 Å². The Labute approximate surface area is 127 Å². The van der Waals surface area contributed by atoms with E-state index in [0.29, 0.717) is 5.41 Å². The molecule has 0 aliphatic carbocycles. The van der Waals surface area contributed by atoms with Gasteiger partial charge in [-0.3, -0.25) is 4.90 Å². The summed E-state index contributed by atoms with van der Waals surface area (Å²) in [5.41, 5.74) is 0.648. The third-order valence-corrected chi connectivity index (χ3v) is 5.44. The largest absolute Gasteiger partial charge is 0.311 e. The quantitative estimate of drug-likeness (QED) is 0.742. The molecule has 0 bridgehead atoms. The van der Waals surface area contributed by atoms with Crippen LogP contribution in [0.3, 0.4) is 0 Å². The fourth-order valence-corrected chi connectivity index (χ4v) is 3.47. The maximum atomic E-state index is 3.76. The van der Waals surface area contributed by atoms with E-state index in [-0.39, 0.29) is 5.54 Å². The molecule has 2 heteroatoms. The summed E-state index contributed by atoms with van der Waals surface area (Å²) in [6, 6.07) is 1.59. The first-order valence-electron chi connectivity index (χ1n) is 8.77. The highest BCUT2D eigenvalue weighted by atomic mass is 15.2. The monoisotopic (exact) mass is 282 g/mol. The molecule has 1 saturated heterocycles. The van der Waals surface area contributed by atoms with Crippen LogP contribution in [-0.4, -0.2) is 35.6 Å². The Kier molecular flexibility index (Phi) is 6.53. The molecule has 0 saturated carbocycles. The normalized spacial score (nSPS) is 25.4. The molecular formula is C18H38N2. The van der Waals surface area contributed by atoms with Crippen LogP contribution in [0.1, 0.15) is 80.6 Å². The summed E-state index contributed by atoms with van der Waals surface area (Å²) in [5.74, 6) is 0. The van der Waals surface area contributed by atoms with Gasteiger partial charge >= 0.3 is 0 Å². The highest BCUT2D eigenvalue weighted by Crippen LogP contribution is 2.34. The second-order valence-electron chi connectivity index (χ2n) is 7.97. The van der Waals surface area contributed by atoms with Gasteiger partial charge in [0.2, 0.25) is 0 Å². The Morgan fingerprint density at radius 3 is 2.10 bits per heavy atom. The average molecular weight is 283 g/mol. The highest BCUT2D eigenvalue weighted by Gasteiger charge is 2.36. The van der Waals surface area contributed by atoms with Crippen molar-refractivity contribution in [1.82, 2.24) is 10.2 Å². The third kappa shape index (κ3) is 4.73. The summed E-state index contributed by atoms with van der Waals surface area (Å²) in [6.07, 6.45) is 6.63. The molecule has 1 rings (SSSR count). The lowest BCUT2D eigenvalue weighted by Gasteiger charge is -2.41. The molecule has 20 heavy (non-hydrogen) atoms. The number of hydrogen-bond donors (Lipinski definition) is 1. The molecular weight excluding hydrogens is 244 g/mol. The Bertz CT molecular complexity index is 276. The molecule has 2 nitrogen and oxygen atoms in total. The number of hydrogen-bond acceptors (Lipinski definition) is 2. The van der Waals surface area contributed by atoms with Crippen LogP contribution in [0.15, 0.2) is 0 Å². The second-order valence-corrected chi connectivity index (χ2v) is 7.97. The molecule has 1 fully saturated rings. The summed E-state index contributed by atoms with van der Waals surface area (Å²) in [6.45, 7) is 18.7. The van der Waals surface area contributed by atoms with Gasteiger partial charge in [0.1, 0.15) is 0 Å². The number of likely N-dealkylation sites (tertiary alicyclic amines) is 1. The van der Waals surface area contributed by atoms with Gasteiger partial charge in [-0.1, -0.05) is 20.8 Å². The molecule has 0 aromatic carbocycles. The predicted octanol–water partition coefficient (Wildman–Crippen LogP) is 4.44. The van der Waals surface area contributed by atoms with Crippen molar-refractivity contribution in [2.24, 2.45) is 5.41 Å². The van der Waals surface area contributed by atoms with Gasteiger partial charge in [-0.25, -0.2) is 0 Å². The fraction of sp³-hybridized carbons (Fsp3) is 1.00. The van der Waals surface area contributed by atoms with Crippen LogP contribution >= 0.6 is 0 Å². The number of rotatable bonds is 7. The highest BCUT2D eigenvalue weighted by molar-refractivity contribution is 4.92. The van der Waals surface area contributed by atoms with Crippen molar-refractivity contribution in [3.05, 3.63) is 0 Å². The summed E-state index contributed by atoms with van der Waals surface area (Å²) in [5, 5.41) is 3.76. The van der Waals surface area contributed by atoms with Crippen molar-refractivity contribution in [2.45, 2.75) is 98.2 Å². The topological polar surface area (TPSA) is 15.3 Å². The third-order valence-electron chi connectivity index (χ3n) is 5.44. The molecule has 1 aliphatic rings. The van der Waals surface area contributed by atoms with E-state index in [4.69, 9.17) is 0 Å². The summed E-state index contributed by atoms with van der Waals surface area (Å²) in [4.78, 5) is 2.80. The molecule has 2 unspecified atom stereocenters. The van der Waals surface area contributed by atoms with Gasteiger partial charge in [0.05, 0.1) is 0 Å². The lowest BCUT2D eigenvalue weighted by molar-refractivity contribution is 0.0916. The predicted molar refractivity (Wildman–Crippen MR) is 90.3 cm³/mol. The van der Waals surface area contributed by atoms with Gasteiger partial charge < -0.3 is 5.32 Å². The first-order chi connectivity index (χ1) is 9.27. The first kappa shape index (κ1) is 18.0. The van der Waals surface area contributed by atoms with E-state index >= 15 is 0 Å². The van der Waals surface area contributed by atoms with Gasteiger partial charge in [-0.15, -0.1) is 0 Å². The Hall–Kier alpha value is -0.0800. The van der Waals surface area contributed by atoms with E-state index in [2.05, 4.69) is 58.7 Å². The van der Waals surface area contributed by atoms with Crippen LogP contribution in [0, 0.1) is 5.41 Å². The maximum absolute atomic E-state index is 3.76. The molecule has 120 valence electrons. The van der Waals surface area contributed by atoms with Crippen molar-refractivity contribution < 1.29 is 0 Å². The maximum Gasteiger partial charge on any atom is 0.00967 e. The Morgan fingerprint density at radius 1 is 1.05 bits per heavy atom. The Balaban J connectivity index is 2.74. The fourth-order valence-electron chi connectivity index (χ4n) is 3.47. The van der Waals surface area contributed by atoms with Crippen LogP contribution in [0.25, 0.3) is 0 Å². The lowest BCUT2D eigenvalue weighted by Crippen LogP contribution is -2.50. The second kappa shape index (κ2) is 7.26. The summed E-state index contributed by atoms with van der Waals surface area (Å²) in [7, 11) is 0. The van der Waals surface area contributed by atoms with Crippen LogP contribution in [0.2, 0.25) is 0 Å². The van der Waals surface area contributed by atoms with Gasteiger partial charge in [0.15, 0.2) is 0 Å². The first-order valence-corrected chi connectivity index (χ1v) is 8.77. The van der Waals surface area contributed by atoms with E-state index in [1.54, 1.807) is 0 Å². The van der Waals surface area contributed by atoms with Gasteiger partial charge in [-0.05, 0) is 65.2 Å². The molecule has 1 N–H and O–H groups in total. The van der Waals surface area contributed by atoms with Crippen LogP contribution < -0.4 is 5.32 Å². The van der Waals surface area contributed by atoms with Crippen molar-refractivity contribution >= 4 is 0 Å². The van der Waals surface area contributed by atoms with Crippen molar-refractivity contribution in [3.63, 3.8) is 0 Å². The zero-order chi connectivity index (χ0) is 15.4. The lowest BCUT2D eigenvalue weighted by atomic mass is 9.80. The standard InChI is InChI=1S/C18H38N2/c1-8-16-12-11-15(4)20(16)14-18(9-2,10-3)13-19-17(5,6)7/h15-16,19H,8-14H2,1-7H3. The van der Waals surface area contributed by atoms with E-state index in [1.165, 1.54) is 38.6 Å². The summed E-state index contributed by atoms with van der Waals surface area (Å²) >= 11 is 0. The molecule has 0 spiro atoms. The molecule has 1 heterocycles. The van der Waals surface area contributed by atoms with Crippen molar-refractivity contribution in [2.75, 3.05) is 13.1 Å². The molecule has 0 amide bonds.